The minimum absolute atomic E-state index is 0.311. The van der Waals surface area contributed by atoms with Gasteiger partial charge in [-0.15, -0.1) is 0 Å². The predicted molar refractivity (Wildman–Crippen MR) is 163 cm³/mol. The Bertz CT molecular complexity index is 1590. The Hall–Kier alpha value is -4.48. The molecule has 6 heteroatoms. The van der Waals surface area contributed by atoms with Crippen molar-refractivity contribution in [3.05, 3.63) is 184 Å². The van der Waals surface area contributed by atoms with Crippen LogP contribution in [-0.4, -0.2) is 11.6 Å². The zero-order valence-electron chi connectivity index (χ0n) is 22.7. The van der Waals surface area contributed by atoms with E-state index in [0.717, 1.165) is 28.3 Å². The zero-order chi connectivity index (χ0) is 29.2. The number of halogens is 4. The Morgan fingerprint density at radius 2 is 1.17 bits per heavy atom. The number of nitrogens with zero attached hydrogens (tertiary/aromatic N) is 2. The Kier molecular flexibility index (Phi) is 7.53. The van der Waals surface area contributed by atoms with E-state index in [4.69, 9.17) is 11.6 Å². The molecule has 0 unspecified atom stereocenters. The maximum Gasteiger partial charge on any atom is 0.416 e. The van der Waals surface area contributed by atoms with Crippen molar-refractivity contribution < 1.29 is 13.2 Å². The third-order valence-corrected chi connectivity index (χ3v) is 7.97. The van der Waals surface area contributed by atoms with Gasteiger partial charge in [0.25, 0.3) is 0 Å². The highest BCUT2D eigenvalue weighted by Gasteiger charge is 2.43. The summed E-state index contributed by atoms with van der Waals surface area (Å²) in [6.07, 6.45) is -0.148. The van der Waals surface area contributed by atoms with Gasteiger partial charge < -0.3 is 9.80 Å². The van der Waals surface area contributed by atoms with Gasteiger partial charge in [-0.1, -0.05) is 115 Å². The monoisotopic (exact) mass is 580 g/mol. The lowest BCUT2D eigenvalue weighted by Gasteiger charge is -2.44. The van der Waals surface area contributed by atoms with Crippen LogP contribution in [0.25, 0.3) is 0 Å². The quantitative estimate of drug-likeness (QED) is 0.177. The van der Waals surface area contributed by atoms with Crippen LogP contribution in [-0.2, 0) is 18.1 Å². The molecule has 1 heterocycles. The number of anilines is 1. The van der Waals surface area contributed by atoms with Gasteiger partial charge in [0.1, 0.15) is 5.54 Å². The first kappa shape index (κ1) is 27.7. The van der Waals surface area contributed by atoms with Crippen LogP contribution < -0.4 is 4.90 Å². The number of hydrogen-bond donors (Lipinski definition) is 0. The van der Waals surface area contributed by atoms with Gasteiger partial charge in [-0.25, -0.2) is 0 Å². The predicted octanol–water partition coefficient (Wildman–Crippen LogP) is 9.49. The molecule has 42 heavy (non-hydrogen) atoms. The number of hydrogen-bond acceptors (Lipinski definition) is 2. The second-order valence-corrected chi connectivity index (χ2v) is 10.8. The first-order valence-corrected chi connectivity index (χ1v) is 14.1. The molecule has 0 spiro atoms. The first-order valence-electron chi connectivity index (χ1n) is 13.7. The van der Waals surface area contributed by atoms with Crippen LogP contribution in [0.15, 0.2) is 146 Å². The van der Waals surface area contributed by atoms with E-state index in [1.54, 1.807) is 18.2 Å². The van der Waals surface area contributed by atoms with Gasteiger partial charge in [0.05, 0.1) is 12.2 Å². The van der Waals surface area contributed by atoms with Gasteiger partial charge in [0.15, 0.2) is 0 Å². The smallest absolute Gasteiger partial charge is 0.340 e. The molecule has 0 fully saturated rings. The van der Waals surface area contributed by atoms with Crippen LogP contribution in [0.3, 0.4) is 0 Å². The van der Waals surface area contributed by atoms with Crippen molar-refractivity contribution in [3.8, 4) is 0 Å². The maximum absolute atomic E-state index is 13.8. The molecule has 0 aliphatic carbocycles. The highest BCUT2D eigenvalue weighted by molar-refractivity contribution is 6.30. The molecule has 210 valence electrons. The van der Waals surface area contributed by atoms with Crippen molar-refractivity contribution in [2.45, 2.75) is 18.1 Å². The average molecular weight is 581 g/mol. The fourth-order valence-electron chi connectivity index (χ4n) is 5.88. The van der Waals surface area contributed by atoms with E-state index < -0.39 is 17.3 Å². The minimum Gasteiger partial charge on any atom is -0.340 e. The van der Waals surface area contributed by atoms with Gasteiger partial charge in [0, 0.05) is 23.1 Å². The Labute approximate surface area is 248 Å². The van der Waals surface area contributed by atoms with Gasteiger partial charge in [-0.3, -0.25) is 0 Å². The second kappa shape index (κ2) is 11.4. The van der Waals surface area contributed by atoms with Gasteiger partial charge in [0.2, 0.25) is 0 Å². The largest absolute Gasteiger partial charge is 0.416 e. The molecule has 0 saturated carbocycles. The Morgan fingerprint density at radius 1 is 0.595 bits per heavy atom. The zero-order valence-corrected chi connectivity index (χ0v) is 23.4. The van der Waals surface area contributed by atoms with E-state index in [9.17, 15) is 13.2 Å². The lowest BCUT2D eigenvalue weighted by atomic mass is 9.76. The van der Waals surface area contributed by atoms with Gasteiger partial charge in [-0.05, 0) is 64.6 Å². The molecular formula is C36H28ClF3N2. The molecule has 6 rings (SSSR count). The SMILES string of the molecule is FC(F)(F)c1ccc(N2C=CN(C(c3ccccc3)(c3ccccc3)c3ccccc3)C2)c(Cc2cccc(Cl)c2)c1. The topological polar surface area (TPSA) is 6.48 Å². The molecule has 0 N–H and O–H groups in total. The third-order valence-electron chi connectivity index (χ3n) is 7.74. The molecule has 2 nitrogen and oxygen atoms in total. The fraction of sp³-hybridized carbons (Fsp3) is 0.111. The normalized spacial score (nSPS) is 13.5. The summed E-state index contributed by atoms with van der Waals surface area (Å²) in [5.74, 6) is 0. The molecule has 0 radical (unpaired) electrons. The van der Waals surface area contributed by atoms with E-state index in [0.29, 0.717) is 29.4 Å². The third kappa shape index (κ3) is 5.28. The molecule has 1 aliphatic rings. The Balaban J connectivity index is 1.46. The number of rotatable bonds is 7. The standard InChI is InChI=1S/C36H28ClF3N2/c37-33-18-10-11-27(24-33)23-28-25-32(36(38,39)40)19-20-34(28)41-21-22-42(26-41)35(29-12-4-1-5-13-29,30-14-6-2-7-15-30)31-16-8-3-9-17-31/h1-22,24-25H,23,26H2. The molecule has 5 aromatic rings. The summed E-state index contributed by atoms with van der Waals surface area (Å²) in [5, 5.41) is 0.548. The summed E-state index contributed by atoms with van der Waals surface area (Å²) in [7, 11) is 0. The van der Waals surface area contributed by atoms with E-state index in [2.05, 4.69) is 41.3 Å². The summed E-state index contributed by atoms with van der Waals surface area (Å²) in [4.78, 5) is 4.28. The van der Waals surface area contributed by atoms with Crippen LogP contribution >= 0.6 is 11.6 Å². The van der Waals surface area contributed by atoms with Crippen LogP contribution in [0.4, 0.5) is 18.9 Å². The number of alkyl halides is 3. The van der Waals surface area contributed by atoms with E-state index in [-0.39, 0.29) is 0 Å². The molecule has 0 amide bonds. The summed E-state index contributed by atoms with van der Waals surface area (Å²) in [5.41, 5.74) is 4.02. The molecule has 0 saturated heterocycles. The summed E-state index contributed by atoms with van der Waals surface area (Å²) < 4.78 is 41.4. The lowest BCUT2D eigenvalue weighted by Crippen LogP contribution is -2.46. The van der Waals surface area contributed by atoms with Crippen LogP contribution in [0.1, 0.15) is 33.4 Å². The second-order valence-electron chi connectivity index (χ2n) is 10.3. The fourth-order valence-corrected chi connectivity index (χ4v) is 6.09. The molecule has 1 aliphatic heterocycles. The van der Waals surface area contributed by atoms with Crippen molar-refractivity contribution in [3.63, 3.8) is 0 Å². The number of benzene rings is 5. The van der Waals surface area contributed by atoms with Gasteiger partial charge in [-0.2, -0.15) is 13.2 Å². The Morgan fingerprint density at radius 3 is 1.69 bits per heavy atom. The first-order chi connectivity index (χ1) is 20.4. The van der Waals surface area contributed by atoms with E-state index in [1.165, 1.54) is 6.07 Å². The van der Waals surface area contributed by atoms with Crippen molar-refractivity contribution in [2.24, 2.45) is 0 Å². The molecule has 0 bridgehead atoms. The summed E-state index contributed by atoms with van der Waals surface area (Å²) in [6, 6.07) is 42.2. The highest BCUT2D eigenvalue weighted by atomic mass is 35.5. The molecule has 0 aromatic heterocycles. The highest BCUT2D eigenvalue weighted by Crippen LogP contribution is 2.45. The van der Waals surface area contributed by atoms with Crippen LogP contribution in [0.2, 0.25) is 5.02 Å². The molecular weight excluding hydrogens is 553 g/mol. The van der Waals surface area contributed by atoms with Crippen molar-refractivity contribution >= 4 is 17.3 Å². The maximum atomic E-state index is 13.8. The van der Waals surface area contributed by atoms with Crippen molar-refractivity contribution in [2.75, 3.05) is 11.6 Å². The molecule has 5 aromatic carbocycles. The summed E-state index contributed by atoms with van der Waals surface area (Å²) >= 11 is 6.22. The minimum atomic E-state index is -4.45. The van der Waals surface area contributed by atoms with E-state index in [1.807, 2.05) is 84.0 Å². The van der Waals surface area contributed by atoms with Crippen LogP contribution in [0.5, 0.6) is 0 Å². The molecule has 0 atom stereocenters. The van der Waals surface area contributed by atoms with Crippen molar-refractivity contribution in [1.29, 1.82) is 0 Å². The van der Waals surface area contributed by atoms with Crippen molar-refractivity contribution in [1.82, 2.24) is 4.90 Å². The van der Waals surface area contributed by atoms with Gasteiger partial charge >= 0.3 is 6.18 Å². The average Bonchev–Trinajstić information content (AvgIpc) is 3.49. The van der Waals surface area contributed by atoms with Crippen LogP contribution in [0, 0.1) is 0 Å². The summed E-state index contributed by atoms with van der Waals surface area (Å²) in [6.45, 7) is 0.423. The van der Waals surface area contributed by atoms with E-state index >= 15 is 0 Å². The lowest BCUT2D eigenvalue weighted by molar-refractivity contribution is -0.137.